The van der Waals surface area contributed by atoms with E-state index in [9.17, 15) is 10.1 Å². The molecule has 0 radical (unpaired) electrons. The topological polar surface area (TPSA) is 93.4 Å². The summed E-state index contributed by atoms with van der Waals surface area (Å²) >= 11 is 0. The van der Waals surface area contributed by atoms with Crippen LogP contribution in [0.2, 0.25) is 0 Å². The molecule has 8 nitrogen and oxygen atoms in total. The average Bonchev–Trinajstić information content (AvgIpc) is 2.59. The second-order valence-electron chi connectivity index (χ2n) is 5.25. The Kier molecular flexibility index (Phi) is 5.89. The van der Waals surface area contributed by atoms with Crippen molar-refractivity contribution in [2.75, 3.05) is 30.9 Å². The van der Waals surface area contributed by atoms with Gasteiger partial charge in [0.25, 0.3) is 0 Å². The molecule has 0 bridgehead atoms. The number of nitrogens with zero attached hydrogens (tertiary/aromatic N) is 4. The zero-order valence-corrected chi connectivity index (χ0v) is 14.0. The second kappa shape index (κ2) is 8.09. The predicted molar refractivity (Wildman–Crippen MR) is 93.1 cm³/mol. The zero-order chi connectivity index (χ0) is 17.5. The van der Waals surface area contributed by atoms with Gasteiger partial charge in [-0.25, -0.2) is 9.97 Å². The first-order valence-electron chi connectivity index (χ1n) is 7.69. The van der Waals surface area contributed by atoms with E-state index in [0.717, 1.165) is 12.8 Å². The summed E-state index contributed by atoms with van der Waals surface area (Å²) in [7, 11) is 3.33. The fourth-order valence-corrected chi connectivity index (χ4v) is 2.29. The maximum Gasteiger partial charge on any atom is 0.353 e. The van der Waals surface area contributed by atoms with E-state index < -0.39 is 4.92 Å². The molecule has 0 aliphatic rings. The number of para-hydroxylation sites is 2. The molecule has 0 saturated carbocycles. The van der Waals surface area contributed by atoms with E-state index in [-0.39, 0.29) is 11.5 Å². The Morgan fingerprint density at radius 1 is 1.33 bits per heavy atom. The van der Waals surface area contributed by atoms with Crippen LogP contribution >= 0.6 is 0 Å². The van der Waals surface area contributed by atoms with Gasteiger partial charge in [0, 0.05) is 13.6 Å². The summed E-state index contributed by atoms with van der Waals surface area (Å²) in [4.78, 5) is 21.1. The Labute approximate surface area is 140 Å². The number of benzene rings is 1. The van der Waals surface area contributed by atoms with Gasteiger partial charge in [-0.1, -0.05) is 25.5 Å². The van der Waals surface area contributed by atoms with Crippen molar-refractivity contribution in [1.82, 2.24) is 9.97 Å². The van der Waals surface area contributed by atoms with Crippen LogP contribution in [0.5, 0.6) is 5.75 Å². The lowest BCUT2D eigenvalue weighted by molar-refractivity contribution is -0.383. The molecule has 1 aromatic carbocycles. The molecule has 0 amide bonds. The van der Waals surface area contributed by atoms with Crippen LogP contribution in [0.1, 0.15) is 19.8 Å². The van der Waals surface area contributed by atoms with Gasteiger partial charge in [0.2, 0.25) is 11.6 Å². The lowest BCUT2D eigenvalue weighted by Gasteiger charge is -2.18. The summed E-state index contributed by atoms with van der Waals surface area (Å²) in [6.07, 6.45) is 3.24. The number of unbranched alkanes of at least 4 members (excludes halogenated alkanes) is 1. The van der Waals surface area contributed by atoms with Crippen LogP contribution in [0.15, 0.2) is 30.6 Å². The van der Waals surface area contributed by atoms with Crippen LogP contribution in [0.4, 0.5) is 23.0 Å². The van der Waals surface area contributed by atoms with E-state index in [0.29, 0.717) is 23.8 Å². The van der Waals surface area contributed by atoms with Crippen molar-refractivity contribution in [3.63, 3.8) is 0 Å². The quantitative estimate of drug-likeness (QED) is 0.585. The van der Waals surface area contributed by atoms with E-state index in [1.807, 2.05) is 12.1 Å². The molecular weight excluding hydrogens is 310 g/mol. The molecule has 0 unspecified atom stereocenters. The molecule has 0 fully saturated rings. The maximum atomic E-state index is 11.6. The molecule has 128 valence electrons. The van der Waals surface area contributed by atoms with E-state index >= 15 is 0 Å². The highest BCUT2D eigenvalue weighted by atomic mass is 16.6. The summed E-state index contributed by atoms with van der Waals surface area (Å²) in [5.74, 6) is 1.00. The molecular formula is C16H21N5O3. The van der Waals surface area contributed by atoms with Crippen LogP contribution in [0.25, 0.3) is 0 Å². The van der Waals surface area contributed by atoms with Crippen molar-refractivity contribution in [1.29, 1.82) is 0 Å². The third-order valence-corrected chi connectivity index (χ3v) is 3.55. The van der Waals surface area contributed by atoms with Crippen LogP contribution in [0, 0.1) is 10.1 Å². The van der Waals surface area contributed by atoms with E-state index in [4.69, 9.17) is 4.74 Å². The van der Waals surface area contributed by atoms with Gasteiger partial charge < -0.3 is 15.0 Å². The molecule has 0 spiro atoms. The van der Waals surface area contributed by atoms with Gasteiger partial charge in [0.1, 0.15) is 12.1 Å². The number of anilines is 3. The second-order valence-corrected chi connectivity index (χ2v) is 5.25. The van der Waals surface area contributed by atoms with E-state index in [1.165, 1.54) is 6.33 Å². The number of aromatic nitrogens is 2. The van der Waals surface area contributed by atoms with Gasteiger partial charge in [-0.2, -0.15) is 0 Å². The summed E-state index contributed by atoms with van der Waals surface area (Å²) in [6.45, 7) is 2.75. The van der Waals surface area contributed by atoms with Crippen LogP contribution in [-0.4, -0.2) is 35.6 Å². The van der Waals surface area contributed by atoms with E-state index in [2.05, 4.69) is 22.2 Å². The molecule has 1 heterocycles. The van der Waals surface area contributed by atoms with Gasteiger partial charge in [-0.3, -0.25) is 10.1 Å². The van der Waals surface area contributed by atoms with Gasteiger partial charge in [-0.15, -0.1) is 0 Å². The molecule has 0 aliphatic heterocycles. The fraction of sp³-hybridized carbons (Fsp3) is 0.375. The van der Waals surface area contributed by atoms with Crippen LogP contribution < -0.4 is 15.0 Å². The number of ether oxygens (including phenoxy) is 1. The molecule has 8 heteroatoms. The minimum absolute atomic E-state index is 0.137. The van der Waals surface area contributed by atoms with Crippen molar-refractivity contribution < 1.29 is 9.66 Å². The maximum absolute atomic E-state index is 11.6. The molecule has 1 N–H and O–H groups in total. The number of hydrogen-bond donors (Lipinski definition) is 1. The Morgan fingerprint density at radius 3 is 2.75 bits per heavy atom. The summed E-state index contributed by atoms with van der Waals surface area (Å²) < 4.78 is 5.26. The number of methoxy groups -OCH3 is 1. The first-order chi connectivity index (χ1) is 11.6. The highest BCUT2D eigenvalue weighted by Gasteiger charge is 2.26. The smallest absolute Gasteiger partial charge is 0.353 e. The molecule has 2 aromatic rings. The fourth-order valence-electron chi connectivity index (χ4n) is 2.29. The normalized spacial score (nSPS) is 10.3. The average molecular weight is 331 g/mol. The largest absolute Gasteiger partial charge is 0.495 e. The first kappa shape index (κ1) is 17.5. The van der Waals surface area contributed by atoms with Crippen molar-refractivity contribution in [2.45, 2.75) is 19.8 Å². The van der Waals surface area contributed by atoms with Gasteiger partial charge in [0.05, 0.1) is 17.7 Å². The summed E-state index contributed by atoms with van der Waals surface area (Å²) in [5, 5.41) is 14.6. The lowest BCUT2D eigenvalue weighted by atomic mass is 10.2. The minimum Gasteiger partial charge on any atom is -0.495 e. The Morgan fingerprint density at radius 2 is 2.08 bits per heavy atom. The predicted octanol–water partition coefficient (Wildman–Crippen LogP) is 3.37. The number of rotatable bonds is 8. The Bertz CT molecular complexity index is 708. The lowest BCUT2D eigenvalue weighted by Crippen LogP contribution is -2.21. The molecule has 0 saturated heterocycles. The van der Waals surface area contributed by atoms with Crippen molar-refractivity contribution in [3.05, 3.63) is 40.7 Å². The molecule has 24 heavy (non-hydrogen) atoms. The Hall–Kier alpha value is -2.90. The van der Waals surface area contributed by atoms with Gasteiger partial charge in [0.15, 0.2) is 0 Å². The summed E-state index contributed by atoms with van der Waals surface area (Å²) in [5.41, 5.74) is 0.450. The highest BCUT2D eigenvalue weighted by Crippen LogP contribution is 2.35. The zero-order valence-electron chi connectivity index (χ0n) is 14.0. The molecule has 0 atom stereocenters. The van der Waals surface area contributed by atoms with Crippen LogP contribution in [-0.2, 0) is 0 Å². The monoisotopic (exact) mass is 331 g/mol. The van der Waals surface area contributed by atoms with Crippen LogP contribution in [0.3, 0.4) is 0 Å². The standard InChI is InChI=1S/C16H21N5O3/c1-4-5-10-20(2)16-14(21(22)23)15(17-11-18-16)19-12-8-6-7-9-13(12)24-3/h6-9,11H,4-5,10H2,1-3H3,(H,17,18,19). The SMILES string of the molecule is CCCCN(C)c1ncnc(Nc2ccccc2OC)c1[N+](=O)[O-]. The van der Waals surface area contributed by atoms with Crippen molar-refractivity contribution in [3.8, 4) is 5.75 Å². The highest BCUT2D eigenvalue weighted by molar-refractivity contribution is 5.76. The third kappa shape index (κ3) is 3.89. The van der Waals surface area contributed by atoms with Gasteiger partial charge >= 0.3 is 5.69 Å². The number of hydrogen-bond acceptors (Lipinski definition) is 7. The van der Waals surface area contributed by atoms with Crippen molar-refractivity contribution >= 4 is 23.0 Å². The summed E-state index contributed by atoms with van der Waals surface area (Å²) in [6, 6.07) is 7.17. The Balaban J connectivity index is 2.41. The number of nitro groups is 1. The minimum atomic E-state index is -0.463. The molecule has 0 aliphatic carbocycles. The van der Waals surface area contributed by atoms with Crippen molar-refractivity contribution in [2.24, 2.45) is 0 Å². The number of nitrogens with one attached hydrogen (secondary N) is 1. The third-order valence-electron chi connectivity index (χ3n) is 3.55. The molecule has 2 rings (SSSR count). The first-order valence-corrected chi connectivity index (χ1v) is 7.69. The van der Waals surface area contributed by atoms with E-state index in [1.54, 1.807) is 31.2 Å². The molecule has 1 aromatic heterocycles. The van der Waals surface area contributed by atoms with Gasteiger partial charge in [-0.05, 0) is 18.6 Å².